The summed E-state index contributed by atoms with van der Waals surface area (Å²) in [5.41, 5.74) is 0.757. The van der Waals surface area contributed by atoms with Crippen LogP contribution in [0.15, 0.2) is 76.6 Å². The average Bonchev–Trinajstić information content (AvgIpc) is 2.93. The van der Waals surface area contributed by atoms with Crippen molar-refractivity contribution in [3.8, 4) is 17.2 Å². The molecule has 2 heterocycles. The Morgan fingerprint density at radius 2 is 1.85 bits per heavy atom. The standard InChI is InChI=1S/C28H27N3O7S/c1-3-36-20-6-4-5-19(14-20)31-39(34,35)21-8-9-24-22(15-21)27(32)23(16-29-24)28(33)30-17(2)18-7-10-25-26(13-18)38-12-11-37-25/h4-10,13-17,31H,3,11-12H2,1-2H3,(H,29,32)(H,30,33). The number of carbonyl (C=O) groups is 1. The topological polar surface area (TPSA) is 136 Å². The van der Waals surface area contributed by atoms with Crippen LogP contribution in [0.3, 0.4) is 0 Å². The van der Waals surface area contributed by atoms with Crippen LogP contribution in [0, 0.1) is 0 Å². The molecule has 0 bridgehead atoms. The van der Waals surface area contributed by atoms with E-state index in [1.807, 2.05) is 13.0 Å². The number of hydrogen-bond acceptors (Lipinski definition) is 7. The van der Waals surface area contributed by atoms with Crippen molar-refractivity contribution in [3.05, 3.63) is 88.2 Å². The Morgan fingerprint density at radius 3 is 2.64 bits per heavy atom. The first-order valence-electron chi connectivity index (χ1n) is 12.4. The van der Waals surface area contributed by atoms with E-state index in [-0.39, 0.29) is 15.8 Å². The van der Waals surface area contributed by atoms with Gasteiger partial charge in [0.1, 0.15) is 24.5 Å². The normalized spacial score (nSPS) is 13.5. The van der Waals surface area contributed by atoms with Crippen LogP contribution in [0.4, 0.5) is 5.69 Å². The Hall–Kier alpha value is -4.51. The third kappa shape index (κ3) is 5.53. The van der Waals surface area contributed by atoms with Gasteiger partial charge >= 0.3 is 0 Å². The van der Waals surface area contributed by atoms with Gasteiger partial charge in [-0.15, -0.1) is 0 Å². The quantitative estimate of drug-likeness (QED) is 0.302. The monoisotopic (exact) mass is 549 g/mol. The number of rotatable bonds is 8. The number of carbonyl (C=O) groups excluding carboxylic acids is 1. The lowest BCUT2D eigenvalue weighted by Crippen LogP contribution is -2.31. The van der Waals surface area contributed by atoms with Crippen LogP contribution in [0.2, 0.25) is 0 Å². The molecule has 11 heteroatoms. The highest BCUT2D eigenvalue weighted by atomic mass is 32.2. The van der Waals surface area contributed by atoms with Crippen LogP contribution < -0.4 is 29.7 Å². The van der Waals surface area contributed by atoms with Gasteiger partial charge in [0, 0.05) is 23.2 Å². The van der Waals surface area contributed by atoms with Gasteiger partial charge in [-0.2, -0.15) is 0 Å². The van der Waals surface area contributed by atoms with E-state index in [2.05, 4.69) is 15.0 Å². The number of sulfonamides is 1. The lowest BCUT2D eigenvalue weighted by Gasteiger charge is -2.21. The number of aromatic amines is 1. The first-order chi connectivity index (χ1) is 18.7. The van der Waals surface area contributed by atoms with Gasteiger partial charge in [0.2, 0.25) is 5.43 Å². The molecule has 5 rings (SSSR count). The van der Waals surface area contributed by atoms with E-state index in [1.165, 1.54) is 24.4 Å². The first kappa shape index (κ1) is 26.1. The first-order valence-corrected chi connectivity index (χ1v) is 13.8. The van der Waals surface area contributed by atoms with Crippen LogP contribution in [-0.4, -0.2) is 39.1 Å². The van der Waals surface area contributed by atoms with E-state index in [0.717, 1.165) is 5.56 Å². The number of hydrogen-bond donors (Lipinski definition) is 3. The molecule has 3 aromatic carbocycles. The predicted molar refractivity (Wildman–Crippen MR) is 146 cm³/mol. The summed E-state index contributed by atoms with van der Waals surface area (Å²) in [4.78, 5) is 29.1. The van der Waals surface area contributed by atoms with Gasteiger partial charge in [-0.25, -0.2) is 8.42 Å². The molecule has 0 aliphatic carbocycles. The van der Waals surface area contributed by atoms with Gasteiger partial charge in [-0.05, 0) is 61.9 Å². The summed E-state index contributed by atoms with van der Waals surface area (Å²) in [6.07, 6.45) is 1.32. The van der Waals surface area contributed by atoms with Crippen LogP contribution in [0.25, 0.3) is 10.9 Å². The molecule has 1 aliphatic heterocycles. The van der Waals surface area contributed by atoms with Gasteiger partial charge in [-0.3, -0.25) is 14.3 Å². The lowest BCUT2D eigenvalue weighted by molar-refractivity contribution is 0.0938. The van der Waals surface area contributed by atoms with Crippen molar-refractivity contribution in [1.29, 1.82) is 0 Å². The minimum Gasteiger partial charge on any atom is -0.494 e. The van der Waals surface area contributed by atoms with E-state index in [0.29, 0.717) is 48.3 Å². The molecule has 3 N–H and O–H groups in total. The fourth-order valence-corrected chi connectivity index (χ4v) is 5.33. The highest BCUT2D eigenvalue weighted by molar-refractivity contribution is 7.92. The predicted octanol–water partition coefficient (Wildman–Crippen LogP) is 3.99. The Balaban J connectivity index is 1.39. The minimum atomic E-state index is -4.03. The number of fused-ring (bicyclic) bond motifs is 2. The molecule has 1 atom stereocenters. The fourth-order valence-electron chi connectivity index (χ4n) is 4.25. The maximum atomic E-state index is 13.3. The van der Waals surface area contributed by atoms with E-state index in [9.17, 15) is 18.0 Å². The summed E-state index contributed by atoms with van der Waals surface area (Å²) in [6, 6.07) is 15.6. The number of aromatic nitrogens is 1. The van der Waals surface area contributed by atoms with E-state index >= 15 is 0 Å². The summed E-state index contributed by atoms with van der Waals surface area (Å²) in [7, 11) is -4.03. The molecule has 202 valence electrons. The molecule has 10 nitrogen and oxygen atoms in total. The summed E-state index contributed by atoms with van der Waals surface area (Å²) in [5, 5.41) is 2.89. The number of nitrogens with one attached hydrogen (secondary N) is 3. The number of ether oxygens (including phenoxy) is 3. The maximum Gasteiger partial charge on any atom is 0.261 e. The zero-order chi connectivity index (χ0) is 27.6. The number of amides is 1. The van der Waals surface area contributed by atoms with Crippen LogP contribution >= 0.6 is 0 Å². The van der Waals surface area contributed by atoms with Crippen molar-refractivity contribution >= 4 is 32.5 Å². The molecule has 0 saturated carbocycles. The number of benzene rings is 3. The second kappa shape index (κ2) is 10.7. The van der Waals surface area contributed by atoms with E-state index < -0.39 is 27.4 Å². The molecule has 1 amide bonds. The second-order valence-electron chi connectivity index (χ2n) is 8.90. The molecular formula is C28H27N3O7S. The van der Waals surface area contributed by atoms with Gasteiger partial charge < -0.3 is 24.5 Å². The Morgan fingerprint density at radius 1 is 1.05 bits per heavy atom. The third-order valence-electron chi connectivity index (χ3n) is 6.22. The SMILES string of the molecule is CCOc1cccc(NS(=O)(=O)c2ccc3[nH]cc(C(=O)NC(C)c4ccc5c(c4)OCCO5)c(=O)c3c2)c1. The molecule has 0 radical (unpaired) electrons. The number of anilines is 1. The van der Waals surface area contributed by atoms with Crippen molar-refractivity contribution in [2.45, 2.75) is 24.8 Å². The second-order valence-corrected chi connectivity index (χ2v) is 10.6. The lowest BCUT2D eigenvalue weighted by atomic mass is 10.1. The zero-order valence-corrected chi connectivity index (χ0v) is 22.1. The number of pyridine rings is 1. The average molecular weight is 550 g/mol. The third-order valence-corrected chi connectivity index (χ3v) is 7.60. The molecule has 0 fully saturated rings. The fraction of sp³-hybridized carbons (Fsp3) is 0.214. The summed E-state index contributed by atoms with van der Waals surface area (Å²) >= 11 is 0. The molecule has 39 heavy (non-hydrogen) atoms. The van der Waals surface area contributed by atoms with Gasteiger partial charge in [0.15, 0.2) is 11.5 Å². The molecule has 4 aromatic rings. The number of H-pyrrole nitrogens is 1. The molecular weight excluding hydrogens is 522 g/mol. The van der Waals surface area contributed by atoms with Gasteiger partial charge in [0.25, 0.3) is 15.9 Å². The van der Waals surface area contributed by atoms with Crippen LogP contribution in [0.1, 0.15) is 35.8 Å². The van der Waals surface area contributed by atoms with Gasteiger partial charge in [-0.1, -0.05) is 12.1 Å². The molecule has 0 saturated heterocycles. The van der Waals surface area contributed by atoms with Crippen molar-refractivity contribution in [2.24, 2.45) is 0 Å². The largest absolute Gasteiger partial charge is 0.494 e. The Labute approximate surface area is 225 Å². The smallest absolute Gasteiger partial charge is 0.261 e. The highest BCUT2D eigenvalue weighted by Gasteiger charge is 2.21. The minimum absolute atomic E-state index is 0.0700. The van der Waals surface area contributed by atoms with Crippen molar-refractivity contribution in [2.75, 3.05) is 24.5 Å². The highest BCUT2D eigenvalue weighted by Crippen LogP contribution is 2.32. The van der Waals surface area contributed by atoms with Crippen LogP contribution in [0.5, 0.6) is 17.2 Å². The zero-order valence-electron chi connectivity index (χ0n) is 21.3. The van der Waals surface area contributed by atoms with Crippen molar-refractivity contribution in [1.82, 2.24) is 10.3 Å². The van der Waals surface area contributed by atoms with E-state index in [1.54, 1.807) is 43.3 Å². The summed E-state index contributed by atoms with van der Waals surface area (Å²) in [5.74, 6) is 1.15. The van der Waals surface area contributed by atoms with E-state index in [4.69, 9.17) is 14.2 Å². The Kier molecular flexibility index (Phi) is 7.16. The maximum absolute atomic E-state index is 13.3. The molecule has 1 unspecified atom stereocenters. The van der Waals surface area contributed by atoms with Crippen molar-refractivity contribution < 1.29 is 27.4 Å². The summed E-state index contributed by atoms with van der Waals surface area (Å²) in [6.45, 7) is 4.97. The molecule has 1 aromatic heterocycles. The van der Waals surface area contributed by atoms with Crippen LogP contribution in [-0.2, 0) is 10.0 Å². The summed E-state index contributed by atoms with van der Waals surface area (Å²) < 4.78 is 45.2. The Bertz CT molecular complexity index is 1720. The van der Waals surface area contributed by atoms with Crippen molar-refractivity contribution in [3.63, 3.8) is 0 Å². The van der Waals surface area contributed by atoms with Gasteiger partial charge in [0.05, 0.1) is 23.2 Å². The molecule has 1 aliphatic rings. The molecule has 0 spiro atoms.